The Bertz CT molecular complexity index is 912. The number of ether oxygens (including phenoxy) is 5. The predicted molar refractivity (Wildman–Crippen MR) is 154 cm³/mol. The summed E-state index contributed by atoms with van der Waals surface area (Å²) < 4.78 is 27.7. The van der Waals surface area contributed by atoms with Crippen LogP contribution in [0.1, 0.15) is 57.8 Å². The maximum atomic E-state index is 12.9. The lowest BCUT2D eigenvalue weighted by Gasteiger charge is -2.43. The quantitative estimate of drug-likeness (QED) is 0.0324. The van der Waals surface area contributed by atoms with Crippen LogP contribution in [0.3, 0.4) is 0 Å². The number of rotatable bonds is 23. The summed E-state index contributed by atoms with van der Waals surface area (Å²) in [6.07, 6.45) is -7.39. The monoisotopic (exact) mass is 665 g/mol. The molecule has 0 radical (unpaired) electrons. The third-order valence-corrected chi connectivity index (χ3v) is 6.46. The Morgan fingerprint density at radius 2 is 0.935 bits per heavy atom. The molecule has 1 heterocycles. The summed E-state index contributed by atoms with van der Waals surface area (Å²) >= 11 is 0. The molecule has 0 aromatic rings. The highest BCUT2D eigenvalue weighted by Gasteiger charge is 2.52. The largest absolute Gasteiger partial charge is 0.455 e. The number of aliphatic hydroxyl groups excluding tert-OH is 4. The van der Waals surface area contributed by atoms with Gasteiger partial charge in [-0.2, -0.15) is 0 Å². The molecule has 1 rings (SSSR count). The molecule has 18 heteroatoms. The maximum Gasteiger partial charge on any atom is 0.306 e. The molecule has 1 aliphatic rings. The van der Waals surface area contributed by atoms with Gasteiger partial charge < -0.3 is 60.1 Å². The van der Waals surface area contributed by atoms with E-state index in [0.717, 1.165) is 0 Å². The van der Waals surface area contributed by atoms with Crippen LogP contribution in [0.5, 0.6) is 0 Å². The normalized spacial score (nSPS) is 20.7. The molecule has 264 valence electrons. The Morgan fingerprint density at radius 1 is 0.565 bits per heavy atom. The van der Waals surface area contributed by atoms with E-state index >= 15 is 0 Å². The number of amides is 3. The van der Waals surface area contributed by atoms with Crippen LogP contribution in [0.15, 0.2) is 0 Å². The summed E-state index contributed by atoms with van der Waals surface area (Å²) in [6, 6.07) is 0. The zero-order valence-electron chi connectivity index (χ0n) is 26.0. The minimum atomic E-state index is -1.49. The number of methoxy groups -OCH3 is 1. The van der Waals surface area contributed by atoms with Gasteiger partial charge in [-0.05, 0) is 19.3 Å². The summed E-state index contributed by atoms with van der Waals surface area (Å²) in [5.74, 6) is -3.60. The van der Waals surface area contributed by atoms with Crippen LogP contribution in [-0.4, -0.2) is 140 Å². The molecular formula is C28H47N3O15. The van der Waals surface area contributed by atoms with Gasteiger partial charge in [0.15, 0.2) is 24.6 Å². The minimum Gasteiger partial charge on any atom is -0.455 e. The highest BCUT2D eigenvalue weighted by molar-refractivity contribution is 5.77. The van der Waals surface area contributed by atoms with Gasteiger partial charge in [0, 0.05) is 65.3 Å². The average Bonchev–Trinajstić information content (AvgIpc) is 3.01. The van der Waals surface area contributed by atoms with Crippen LogP contribution in [-0.2, 0) is 52.5 Å². The first-order chi connectivity index (χ1) is 22.1. The molecule has 0 unspecified atom stereocenters. The summed E-state index contributed by atoms with van der Waals surface area (Å²) in [5, 5.41) is 44.1. The number of esters is 3. The number of aliphatic hydroxyl groups is 4. The zero-order chi connectivity index (χ0) is 34.3. The Balaban J connectivity index is 3.02. The Kier molecular flexibility index (Phi) is 21.1. The van der Waals surface area contributed by atoms with Crippen molar-refractivity contribution in [1.29, 1.82) is 0 Å². The van der Waals surface area contributed by atoms with E-state index in [-0.39, 0.29) is 97.2 Å². The second kappa shape index (κ2) is 23.9. The number of nitrogens with one attached hydrogen (secondary N) is 3. The lowest BCUT2D eigenvalue weighted by molar-refractivity contribution is -0.302. The average molecular weight is 666 g/mol. The summed E-state index contributed by atoms with van der Waals surface area (Å²) in [7, 11) is 1.22. The Labute approximate surface area is 266 Å². The van der Waals surface area contributed by atoms with Gasteiger partial charge in [0.1, 0.15) is 6.10 Å². The molecule has 0 aromatic carbocycles. The van der Waals surface area contributed by atoms with Gasteiger partial charge in [0.05, 0.1) is 26.4 Å². The molecule has 1 fully saturated rings. The molecule has 0 saturated carbocycles. The minimum absolute atomic E-state index is 0.0913. The van der Waals surface area contributed by atoms with Crippen molar-refractivity contribution >= 4 is 35.6 Å². The van der Waals surface area contributed by atoms with Gasteiger partial charge >= 0.3 is 17.9 Å². The van der Waals surface area contributed by atoms with Crippen LogP contribution >= 0.6 is 0 Å². The molecule has 46 heavy (non-hydrogen) atoms. The first-order valence-electron chi connectivity index (χ1n) is 15.1. The fourth-order valence-electron chi connectivity index (χ4n) is 4.20. The fraction of sp³-hybridized carbons (Fsp3) is 0.786. The first kappa shape index (κ1) is 40.6. The lowest BCUT2D eigenvalue weighted by Crippen LogP contribution is -2.62. The molecular weight excluding hydrogens is 618 g/mol. The smallest absolute Gasteiger partial charge is 0.306 e. The highest BCUT2D eigenvalue weighted by atomic mass is 16.7. The number of carbonyl (C=O) groups excluding carboxylic acids is 6. The van der Waals surface area contributed by atoms with Gasteiger partial charge in [-0.3, -0.25) is 28.8 Å². The predicted octanol–water partition coefficient (Wildman–Crippen LogP) is -3.08. The second-order valence-corrected chi connectivity index (χ2v) is 10.1. The van der Waals surface area contributed by atoms with Crippen molar-refractivity contribution in [1.82, 2.24) is 16.0 Å². The van der Waals surface area contributed by atoms with Crippen LogP contribution in [0.25, 0.3) is 0 Å². The van der Waals surface area contributed by atoms with Gasteiger partial charge in [0.2, 0.25) is 17.7 Å². The van der Waals surface area contributed by atoms with Crippen molar-refractivity contribution in [3.8, 4) is 0 Å². The van der Waals surface area contributed by atoms with E-state index in [4.69, 9.17) is 39.0 Å². The van der Waals surface area contributed by atoms with E-state index in [2.05, 4.69) is 16.0 Å². The Morgan fingerprint density at radius 3 is 1.28 bits per heavy atom. The van der Waals surface area contributed by atoms with Crippen molar-refractivity contribution < 1.29 is 72.9 Å². The van der Waals surface area contributed by atoms with E-state index in [1.165, 1.54) is 7.11 Å². The van der Waals surface area contributed by atoms with Crippen molar-refractivity contribution in [2.75, 3.05) is 53.2 Å². The van der Waals surface area contributed by atoms with E-state index in [1.807, 2.05) is 0 Å². The third kappa shape index (κ3) is 16.2. The fourth-order valence-corrected chi connectivity index (χ4v) is 4.20. The molecule has 0 aliphatic carbocycles. The molecule has 1 saturated heterocycles. The summed E-state index contributed by atoms with van der Waals surface area (Å²) in [5.41, 5.74) is 0. The maximum absolute atomic E-state index is 12.9. The topological polar surface area (TPSA) is 266 Å². The molecule has 18 nitrogen and oxygen atoms in total. The molecule has 0 aromatic heterocycles. The zero-order valence-corrected chi connectivity index (χ0v) is 26.0. The number of carbonyl (C=O) groups is 6. The molecule has 0 spiro atoms. The van der Waals surface area contributed by atoms with Crippen LogP contribution < -0.4 is 16.0 Å². The van der Waals surface area contributed by atoms with Crippen molar-refractivity contribution in [2.24, 2.45) is 0 Å². The highest BCUT2D eigenvalue weighted by Crippen LogP contribution is 2.30. The summed E-state index contributed by atoms with van der Waals surface area (Å²) in [6.45, 7) is -1.36. The molecule has 7 N–H and O–H groups in total. The number of hydrogen-bond donors (Lipinski definition) is 7. The van der Waals surface area contributed by atoms with Gasteiger partial charge in [-0.15, -0.1) is 0 Å². The Hall–Kier alpha value is -3.42. The van der Waals surface area contributed by atoms with Gasteiger partial charge in [-0.25, -0.2) is 0 Å². The van der Waals surface area contributed by atoms with E-state index in [0.29, 0.717) is 0 Å². The molecule has 0 bridgehead atoms. The van der Waals surface area contributed by atoms with E-state index in [9.17, 15) is 33.9 Å². The van der Waals surface area contributed by atoms with Gasteiger partial charge in [0.25, 0.3) is 0 Å². The van der Waals surface area contributed by atoms with Crippen molar-refractivity contribution in [3.05, 3.63) is 0 Å². The first-order valence-corrected chi connectivity index (χ1v) is 15.1. The molecule has 1 aliphatic heterocycles. The van der Waals surface area contributed by atoms with Crippen molar-refractivity contribution in [3.63, 3.8) is 0 Å². The summed E-state index contributed by atoms with van der Waals surface area (Å²) in [4.78, 5) is 73.0. The SMILES string of the molecule is CO[C@H]1O[C@H](CO)[C@@H](OC(=O)CCCNC(=O)CCO)[C@H](OC(=O)CCCNC(=O)CCO)[C@H]1OC(=O)CCCNC(=O)CCO. The lowest BCUT2D eigenvalue weighted by atomic mass is 9.98. The van der Waals surface area contributed by atoms with E-state index in [1.54, 1.807) is 0 Å². The second-order valence-electron chi connectivity index (χ2n) is 10.1. The van der Waals surface area contributed by atoms with Crippen LogP contribution in [0.4, 0.5) is 0 Å². The van der Waals surface area contributed by atoms with Gasteiger partial charge in [-0.1, -0.05) is 0 Å². The standard InChI is InChI=1S/C28H47N3O15/c1-42-28-27(46-24(41)7-4-13-31-21(38)10-16-34)26(45-23(40)6-3-12-30-20(37)9-15-33)25(18(17-35)43-28)44-22(39)5-2-11-29-19(36)8-14-32/h18,25-28,32-35H,2-17H2,1H3,(H,29,36)(H,30,37)(H,31,38)/t18-,25-,26+,27-,28+/m1/s1. The van der Waals surface area contributed by atoms with Crippen LogP contribution in [0.2, 0.25) is 0 Å². The number of hydrogen-bond acceptors (Lipinski definition) is 15. The van der Waals surface area contributed by atoms with Crippen molar-refractivity contribution in [2.45, 2.75) is 88.5 Å². The molecule has 5 atom stereocenters. The molecule has 3 amide bonds. The third-order valence-electron chi connectivity index (χ3n) is 6.46. The van der Waals surface area contributed by atoms with E-state index < -0.39 is 72.9 Å². The van der Waals surface area contributed by atoms with Crippen LogP contribution in [0, 0.1) is 0 Å².